The molecule has 8 heteroatoms. The fraction of sp³-hybridized carbons (Fsp3) is 0.438. The number of hydrogen-bond donors (Lipinski definition) is 3. The van der Waals surface area contributed by atoms with Crippen LogP contribution in [0.1, 0.15) is 18.4 Å². The van der Waals surface area contributed by atoms with Crippen LogP contribution in [0.15, 0.2) is 35.3 Å². The Morgan fingerprint density at radius 2 is 2.21 bits per heavy atom. The Morgan fingerprint density at radius 3 is 2.96 bits per heavy atom. The number of nitrogens with zero attached hydrogens (tertiary/aromatic N) is 1. The minimum absolute atomic E-state index is 0.0164. The van der Waals surface area contributed by atoms with Crippen molar-refractivity contribution in [3.63, 3.8) is 0 Å². The van der Waals surface area contributed by atoms with Gasteiger partial charge in [0.25, 0.3) is 0 Å². The number of carbonyl (C=O) groups excluding carboxylic acids is 2. The highest BCUT2D eigenvalue weighted by Gasteiger charge is 2.27. The summed E-state index contributed by atoms with van der Waals surface area (Å²) in [6.45, 7) is 1.26. The molecule has 3 rings (SSSR count). The normalized spacial score (nSPS) is 22.7. The van der Waals surface area contributed by atoms with Gasteiger partial charge in [0.1, 0.15) is 13.2 Å². The van der Waals surface area contributed by atoms with Crippen LogP contribution in [0, 0.1) is 0 Å². The number of rotatable bonds is 4. The van der Waals surface area contributed by atoms with E-state index >= 15 is 0 Å². The Balaban J connectivity index is 1.46. The zero-order valence-electron chi connectivity index (χ0n) is 13.2. The van der Waals surface area contributed by atoms with E-state index in [-0.39, 0.29) is 24.8 Å². The van der Waals surface area contributed by atoms with Crippen molar-refractivity contribution in [1.29, 1.82) is 0 Å². The first-order valence-electron chi connectivity index (χ1n) is 7.92. The molecule has 2 aliphatic rings. The highest BCUT2D eigenvalue weighted by Crippen LogP contribution is 2.13. The van der Waals surface area contributed by atoms with Crippen LogP contribution in [-0.4, -0.2) is 43.4 Å². The lowest BCUT2D eigenvalue weighted by molar-refractivity contribution is 0.144. The van der Waals surface area contributed by atoms with Gasteiger partial charge in [0.05, 0.1) is 12.1 Å². The molecule has 2 amide bonds. The summed E-state index contributed by atoms with van der Waals surface area (Å²) < 4.78 is 10.0. The maximum atomic E-state index is 11.8. The van der Waals surface area contributed by atoms with E-state index in [0.717, 1.165) is 12.0 Å². The Labute approximate surface area is 139 Å². The lowest BCUT2D eigenvalue weighted by Crippen LogP contribution is -2.46. The molecule has 8 nitrogen and oxygen atoms in total. The molecule has 0 spiro atoms. The lowest BCUT2D eigenvalue weighted by Gasteiger charge is -2.23. The molecule has 0 aromatic heterocycles. The molecule has 0 aliphatic carbocycles. The minimum Gasteiger partial charge on any atom is -0.447 e. The molecule has 0 bridgehead atoms. The summed E-state index contributed by atoms with van der Waals surface area (Å²) >= 11 is 0. The highest BCUT2D eigenvalue weighted by molar-refractivity contribution is 5.94. The molecule has 2 atom stereocenters. The van der Waals surface area contributed by atoms with Crippen molar-refractivity contribution in [1.82, 2.24) is 16.0 Å². The average Bonchev–Trinajstić information content (AvgIpc) is 2.99. The van der Waals surface area contributed by atoms with E-state index in [1.807, 2.05) is 30.3 Å². The van der Waals surface area contributed by atoms with E-state index in [2.05, 4.69) is 20.9 Å². The second-order valence-electron chi connectivity index (χ2n) is 5.71. The molecule has 0 unspecified atom stereocenters. The van der Waals surface area contributed by atoms with Crippen molar-refractivity contribution in [2.45, 2.75) is 31.5 Å². The van der Waals surface area contributed by atoms with Crippen molar-refractivity contribution >= 4 is 18.1 Å². The zero-order chi connectivity index (χ0) is 16.8. The third-order valence-electron chi connectivity index (χ3n) is 3.81. The predicted octanol–water partition coefficient (Wildman–Crippen LogP) is 1.13. The molecular weight excluding hydrogens is 312 g/mol. The number of nitrogens with one attached hydrogen (secondary N) is 3. The summed E-state index contributed by atoms with van der Waals surface area (Å²) in [5, 5.41) is 8.38. The molecule has 1 saturated heterocycles. The molecule has 0 radical (unpaired) electrons. The SMILES string of the molecule is O=C(NC1=N[C@@H](C[C@H]2COC(=O)N2)CCN1)OCc1ccccc1. The summed E-state index contributed by atoms with van der Waals surface area (Å²) in [4.78, 5) is 27.3. The maximum Gasteiger partial charge on any atom is 0.414 e. The summed E-state index contributed by atoms with van der Waals surface area (Å²) in [5.41, 5.74) is 0.918. The van der Waals surface area contributed by atoms with Crippen LogP contribution in [0.4, 0.5) is 9.59 Å². The van der Waals surface area contributed by atoms with Crippen LogP contribution in [0.2, 0.25) is 0 Å². The first-order chi connectivity index (χ1) is 11.7. The lowest BCUT2D eigenvalue weighted by atomic mass is 10.0. The third-order valence-corrected chi connectivity index (χ3v) is 3.81. The van der Waals surface area contributed by atoms with Crippen molar-refractivity contribution < 1.29 is 19.1 Å². The smallest absolute Gasteiger partial charge is 0.414 e. The summed E-state index contributed by atoms with van der Waals surface area (Å²) in [6.07, 6.45) is 0.567. The van der Waals surface area contributed by atoms with Gasteiger partial charge in [-0.15, -0.1) is 0 Å². The number of guanidine groups is 1. The maximum absolute atomic E-state index is 11.8. The summed E-state index contributed by atoms with van der Waals surface area (Å²) in [6, 6.07) is 9.44. The molecular formula is C16H20N4O4. The molecule has 1 aromatic rings. The van der Waals surface area contributed by atoms with Gasteiger partial charge in [-0.3, -0.25) is 5.32 Å². The monoisotopic (exact) mass is 332 g/mol. The first kappa shape index (κ1) is 16.1. The number of aliphatic imine (C=N–C) groups is 1. The van der Waals surface area contributed by atoms with E-state index in [0.29, 0.717) is 25.5 Å². The topological polar surface area (TPSA) is 101 Å². The van der Waals surface area contributed by atoms with E-state index in [9.17, 15) is 9.59 Å². The fourth-order valence-corrected chi connectivity index (χ4v) is 2.63. The van der Waals surface area contributed by atoms with Gasteiger partial charge in [0.2, 0.25) is 5.96 Å². The number of benzene rings is 1. The standard InChI is InChI=1S/C16H20N4O4/c21-15-19-13(10-24-15)8-12-6-7-17-14(18-12)20-16(22)23-9-11-4-2-1-3-5-11/h1-5,12-13H,6-10H2,(H,19,21)(H2,17,18,20,22)/t12-,13+/m1/s1. The van der Waals surface area contributed by atoms with Crippen LogP contribution < -0.4 is 16.0 Å². The Bertz CT molecular complexity index is 620. The van der Waals surface area contributed by atoms with Crippen LogP contribution in [-0.2, 0) is 16.1 Å². The van der Waals surface area contributed by atoms with Crippen LogP contribution in [0.3, 0.4) is 0 Å². The molecule has 1 aromatic carbocycles. The van der Waals surface area contributed by atoms with Gasteiger partial charge in [-0.25, -0.2) is 14.6 Å². The molecule has 128 valence electrons. The quantitative estimate of drug-likeness (QED) is 0.767. The van der Waals surface area contributed by atoms with Crippen LogP contribution in [0.5, 0.6) is 0 Å². The van der Waals surface area contributed by atoms with Gasteiger partial charge < -0.3 is 20.1 Å². The number of hydrogen-bond acceptors (Lipinski definition) is 6. The second-order valence-corrected chi connectivity index (χ2v) is 5.71. The zero-order valence-corrected chi connectivity index (χ0v) is 13.2. The van der Waals surface area contributed by atoms with Crippen molar-refractivity contribution in [2.75, 3.05) is 13.2 Å². The fourth-order valence-electron chi connectivity index (χ4n) is 2.63. The van der Waals surface area contributed by atoms with Gasteiger partial charge in [-0.1, -0.05) is 30.3 Å². The van der Waals surface area contributed by atoms with Crippen molar-refractivity contribution in [3.8, 4) is 0 Å². The number of ether oxygens (including phenoxy) is 2. The Kier molecular flexibility index (Phi) is 5.15. The van der Waals surface area contributed by atoms with E-state index < -0.39 is 6.09 Å². The van der Waals surface area contributed by atoms with E-state index in [4.69, 9.17) is 9.47 Å². The molecule has 1 fully saturated rings. The molecule has 2 heterocycles. The highest BCUT2D eigenvalue weighted by atomic mass is 16.6. The number of alkyl carbamates (subject to hydrolysis) is 2. The van der Waals surface area contributed by atoms with Crippen LogP contribution in [0.25, 0.3) is 0 Å². The van der Waals surface area contributed by atoms with E-state index in [1.54, 1.807) is 0 Å². The second kappa shape index (κ2) is 7.67. The summed E-state index contributed by atoms with van der Waals surface area (Å²) in [7, 11) is 0. The molecule has 0 saturated carbocycles. The predicted molar refractivity (Wildman–Crippen MR) is 86.5 cm³/mol. The van der Waals surface area contributed by atoms with Crippen LogP contribution >= 0.6 is 0 Å². The van der Waals surface area contributed by atoms with Gasteiger partial charge in [0, 0.05) is 6.54 Å². The van der Waals surface area contributed by atoms with Gasteiger partial charge >= 0.3 is 12.2 Å². The number of amides is 2. The average molecular weight is 332 g/mol. The van der Waals surface area contributed by atoms with Gasteiger partial charge in [-0.05, 0) is 18.4 Å². The molecule has 24 heavy (non-hydrogen) atoms. The number of cyclic esters (lactones) is 1. The third kappa shape index (κ3) is 4.61. The van der Waals surface area contributed by atoms with Crippen molar-refractivity contribution in [2.24, 2.45) is 4.99 Å². The van der Waals surface area contributed by atoms with Gasteiger partial charge in [-0.2, -0.15) is 0 Å². The molecule has 2 aliphatic heterocycles. The Hall–Kier alpha value is -2.77. The number of carbonyl (C=O) groups is 2. The molecule has 3 N–H and O–H groups in total. The van der Waals surface area contributed by atoms with Crippen molar-refractivity contribution in [3.05, 3.63) is 35.9 Å². The summed E-state index contributed by atoms with van der Waals surface area (Å²) in [5.74, 6) is 0.398. The largest absolute Gasteiger partial charge is 0.447 e. The van der Waals surface area contributed by atoms with Gasteiger partial charge in [0.15, 0.2) is 0 Å². The Morgan fingerprint density at radius 1 is 1.38 bits per heavy atom. The first-order valence-corrected chi connectivity index (χ1v) is 7.92. The minimum atomic E-state index is -0.553. The van der Waals surface area contributed by atoms with E-state index in [1.165, 1.54) is 0 Å².